The fourth-order valence-corrected chi connectivity index (χ4v) is 1.39. The fourth-order valence-electron chi connectivity index (χ4n) is 1.39. The molecule has 0 amide bonds. The number of aromatic nitrogens is 1. The fraction of sp³-hybridized carbons (Fsp3) is 0.583. The van der Waals surface area contributed by atoms with Crippen molar-refractivity contribution in [3.05, 3.63) is 23.9 Å². The minimum absolute atomic E-state index is 0.981. The van der Waals surface area contributed by atoms with Crippen molar-refractivity contribution in [1.29, 1.82) is 0 Å². The van der Waals surface area contributed by atoms with E-state index in [1.807, 2.05) is 19.3 Å². The van der Waals surface area contributed by atoms with Gasteiger partial charge >= 0.3 is 0 Å². The van der Waals surface area contributed by atoms with E-state index in [1.54, 1.807) is 0 Å². The molecule has 1 aromatic rings. The van der Waals surface area contributed by atoms with Crippen LogP contribution in [0.5, 0.6) is 0 Å². The molecule has 0 fully saturated rings. The molecule has 0 unspecified atom stereocenters. The number of nitrogens with zero attached hydrogens (tertiary/aromatic N) is 1. The van der Waals surface area contributed by atoms with Crippen LogP contribution in [0.2, 0.25) is 0 Å². The topological polar surface area (TPSA) is 37.0 Å². The quantitative estimate of drug-likeness (QED) is 0.673. The molecule has 0 radical (unpaired) electrons. The number of nitrogens with one attached hydrogen (secondary N) is 2. The number of hydrogen-bond donors (Lipinski definition) is 2. The molecule has 15 heavy (non-hydrogen) atoms. The van der Waals surface area contributed by atoms with Crippen molar-refractivity contribution in [2.75, 3.05) is 25.5 Å². The number of pyridine rings is 1. The first kappa shape index (κ1) is 12.0. The maximum Gasteiger partial charge on any atom is 0.125 e. The van der Waals surface area contributed by atoms with Crippen LogP contribution in [0.1, 0.15) is 24.8 Å². The van der Waals surface area contributed by atoms with Crippen LogP contribution < -0.4 is 10.6 Å². The maximum absolute atomic E-state index is 4.29. The zero-order valence-corrected chi connectivity index (χ0v) is 9.71. The highest BCUT2D eigenvalue weighted by Crippen LogP contribution is 2.04. The standard InChI is InChI=1S/C12H21N3/c1-11-6-7-12(15-10-11)14-9-5-3-4-8-13-2/h6-7,10,13H,3-5,8-9H2,1-2H3,(H,14,15). The molecule has 0 aliphatic carbocycles. The lowest BCUT2D eigenvalue weighted by Crippen LogP contribution is -2.08. The van der Waals surface area contributed by atoms with Crippen molar-refractivity contribution in [3.8, 4) is 0 Å². The first-order valence-corrected chi connectivity index (χ1v) is 5.64. The van der Waals surface area contributed by atoms with Crippen LogP contribution in [-0.2, 0) is 0 Å². The van der Waals surface area contributed by atoms with E-state index in [2.05, 4.69) is 28.6 Å². The second-order valence-corrected chi connectivity index (χ2v) is 3.81. The normalized spacial score (nSPS) is 10.3. The largest absolute Gasteiger partial charge is 0.370 e. The van der Waals surface area contributed by atoms with Gasteiger partial charge in [-0.2, -0.15) is 0 Å². The van der Waals surface area contributed by atoms with Gasteiger partial charge in [0.1, 0.15) is 5.82 Å². The summed E-state index contributed by atoms with van der Waals surface area (Å²) in [4.78, 5) is 4.29. The third kappa shape index (κ3) is 5.37. The number of hydrogen-bond acceptors (Lipinski definition) is 3. The molecule has 0 aliphatic rings. The first-order valence-electron chi connectivity index (χ1n) is 5.64. The summed E-state index contributed by atoms with van der Waals surface area (Å²) in [7, 11) is 1.99. The van der Waals surface area contributed by atoms with E-state index >= 15 is 0 Å². The molecule has 84 valence electrons. The number of unbranched alkanes of at least 4 members (excludes halogenated alkanes) is 2. The smallest absolute Gasteiger partial charge is 0.125 e. The lowest BCUT2D eigenvalue weighted by molar-refractivity contribution is 0.655. The van der Waals surface area contributed by atoms with E-state index in [4.69, 9.17) is 0 Å². The zero-order chi connectivity index (χ0) is 10.9. The summed E-state index contributed by atoms with van der Waals surface area (Å²) in [5, 5.41) is 6.47. The summed E-state index contributed by atoms with van der Waals surface area (Å²) >= 11 is 0. The van der Waals surface area contributed by atoms with E-state index in [0.29, 0.717) is 0 Å². The van der Waals surface area contributed by atoms with Gasteiger partial charge in [-0.25, -0.2) is 4.98 Å². The molecule has 0 spiro atoms. The van der Waals surface area contributed by atoms with Gasteiger partial charge in [-0.15, -0.1) is 0 Å². The van der Waals surface area contributed by atoms with Gasteiger partial charge in [0, 0.05) is 12.7 Å². The SMILES string of the molecule is CNCCCCCNc1ccc(C)cn1. The molecule has 3 heteroatoms. The Kier molecular flexibility index (Phi) is 5.78. The molecule has 2 N–H and O–H groups in total. The third-order valence-corrected chi connectivity index (χ3v) is 2.32. The Morgan fingerprint density at radius 2 is 1.93 bits per heavy atom. The Morgan fingerprint density at radius 3 is 2.60 bits per heavy atom. The van der Waals surface area contributed by atoms with Crippen LogP contribution in [-0.4, -0.2) is 25.1 Å². The molecule has 0 aromatic carbocycles. The molecular formula is C12H21N3. The summed E-state index contributed by atoms with van der Waals surface area (Å²) in [6.45, 7) is 4.18. The highest BCUT2D eigenvalue weighted by atomic mass is 15.0. The molecule has 3 nitrogen and oxygen atoms in total. The Hall–Kier alpha value is -1.09. The van der Waals surface area contributed by atoms with Gasteiger partial charge < -0.3 is 10.6 Å². The van der Waals surface area contributed by atoms with Crippen molar-refractivity contribution in [2.24, 2.45) is 0 Å². The van der Waals surface area contributed by atoms with Gasteiger partial charge in [0.2, 0.25) is 0 Å². The van der Waals surface area contributed by atoms with Crippen molar-refractivity contribution < 1.29 is 0 Å². The Balaban J connectivity index is 2.07. The van der Waals surface area contributed by atoms with E-state index in [-0.39, 0.29) is 0 Å². The van der Waals surface area contributed by atoms with Gasteiger partial charge in [-0.1, -0.05) is 12.5 Å². The van der Waals surface area contributed by atoms with Gasteiger partial charge in [-0.05, 0) is 45.0 Å². The Morgan fingerprint density at radius 1 is 1.13 bits per heavy atom. The number of aryl methyl sites for hydroxylation is 1. The molecule has 1 aromatic heterocycles. The van der Waals surface area contributed by atoms with Crippen LogP contribution in [0.3, 0.4) is 0 Å². The average Bonchev–Trinajstić information content (AvgIpc) is 2.26. The highest BCUT2D eigenvalue weighted by molar-refractivity contribution is 5.34. The van der Waals surface area contributed by atoms with Crippen molar-refractivity contribution >= 4 is 5.82 Å². The predicted octanol–water partition coefficient (Wildman–Crippen LogP) is 2.19. The van der Waals surface area contributed by atoms with Gasteiger partial charge in [0.15, 0.2) is 0 Å². The van der Waals surface area contributed by atoms with Crippen LogP contribution in [0.15, 0.2) is 18.3 Å². The highest BCUT2D eigenvalue weighted by Gasteiger charge is 1.92. The zero-order valence-electron chi connectivity index (χ0n) is 9.71. The van der Waals surface area contributed by atoms with Gasteiger partial charge in [0.25, 0.3) is 0 Å². The molecule has 0 saturated heterocycles. The monoisotopic (exact) mass is 207 g/mol. The van der Waals surface area contributed by atoms with Gasteiger partial charge in [0.05, 0.1) is 0 Å². The summed E-state index contributed by atoms with van der Waals surface area (Å²) in [5.41, 5.74) is 1.20. The number of rotatable bonds is 7. The van der Waals surface area contributed by atoms with E-state index in [9.17, 15) is 0 Å². The van der Waals surface area contributed by atoms with Crippen molar-refractivity contribution in [1.82, 2.24) is 10.3 Å². The van der Waals surface area contributed by atoms with Gasteiger partial charge in [-0.3, -0.25) is 0 Å². The molecule has 0 atom stereocenters. The predicted molar refractivity (Wildman–Crippen MR) is 65.2 cm³/mol. The molecular weight excluding hydrogens is 186 g/mol. The molecule has 0 saturated carbocycles. The van der Waals surface area contributed by atoms with E-state index < -0.39 is 0 Å². The summed E-state index contributed by atoms with van der Waals surface area (Å²) in [5.74, 6) is 0.981. The maximum atomic E-state index is 4.29. The van der Waals surface area contributed by atoms with Crippen LogP contribution in [0.4, 0.5) is 5.82 Å². The second-order valence-electron chi connectivity index (χ2n) is 3.81. The van der Waals surface area contributed by atoms with Crippen LogP contribution in [0, 0.1) is 6.92 Å². The molecule has 0 aliphatic heterocycles. The van der Waals surface area contributed by atoms with Crippen molar-refractivity contribution in [3.63, 3.8) is 0 Å². The first-order chi connectivity index (χ1) is 7.33. The summed E-state index contributed by atoms with van der Waals surface area (Å²) in [6, 6.07) is 4.11. The average molecular weight is 207 g/mol. The minimum atomic E-state index is 0.981. The molecule has 1 rings (SSSR count). The molecule has 0 bridgehead atoms. The third-order valence-electron chi connectivity index (χ3n) is 2.32. The lowest BCUT2D eigenvalue weighted by Gasteiger charge is -2.05. The van der Waals surface area contributed by atoms with Crippen LogP contribution in [0.25, 0.3) is 0 Å². The second kappa shape index (κ2) is 7.23. The van der Waals surface area contributed by atoms with Crippen LogP contribution >= 0.6 is 0 Å². The van der Waals surface area contributed by atoms with Crippen molar-refractivity contribution in [2.45, 2.75) is 26.2 Å². The number of anilines is 1. The summed E-state index contributed by atoms with van der Waals surface area (Å²) in [6.07, 6.45) is 5.61. The van der Waals surface area contributed by atoms with E-state index in [0.717, 1.165) is 18.9 Å². The minimum Gasteiger partial charge on any atom is -0.370 e. The summed E-state index contributed by atoms with van der Waals surface area (Å²) < 4.78 is 0. The Labute approximate surface area is 92.3 Å². The Bertz CT molecular complexity index is 256. The lowest BCUT2D eigenvalue weighted by atomic mass is 10.2. The van der Waals surface area contributed by atoms with E-state index in [1.165, 1.54) is 24.8 Å². The molecule has 1 heterocycles.